The first kappa shape index (κ1) is 20.1. The van der Waals surface area contributed by atoms with E-state index >= 15 is 0 Å². The van der Waals surface area contributed by atoms with Crippen LogP contribution in [0.2, 0.25) is 0 Å². The Bertz CT molecular complexity index is 1410. The van der Waals surface area contributed by atoms with Crippen molar-refractivity contribution in [3.63, 3.8) is 0 Å². The molecule has 4 aromatic rings. The summed E-state index contributed by atoms with van der Waals surface area (Å²) in [6.45, 7) is 4.34. The summed E-state index contributed by atoms with van der Waals surface area (Å²) in [5.74, 6) is -0.0567. The van der Waals surface area contributed by atoms with Crippen molar-refractivity contribution in [3.05, 3.63) is 93.8 Å². The molecule has 0 N–H and O–H groups in total. The van der Waals surface area contributed by atoms with Gasteiger partial charge in [-0.25, -0.2) is 0 Å². The lowest BCUT2D eigenvalue weighted by atomic mass is 9.97. The van der Waals surface area contributed by atoms with Crippen molar-refractivity contribution < 1.29 is 13.9 Å². The van der Waals surface area contributed by atoms with Gasteiger partial charge in [-0.1, -0.05) is 60.7 Å². The smallest absolute Gasteiger partial charge is 0.290 e. The Morgan fingerprint density at radius 2 is 1.58 bits per heavy atom. The van der Waals surface area contributed by atoms with E-state index in [0.717, 1.165) is 36.0 Å². The fourth-order valence-electron chi connectivity index (χ4n) is 5.03. The first-order chi connectivity index (χ1) is 16.2. The Morgan fingerprint density at radius 3 is 2.39 bits per heavy atom. The molecule has 166 valence electrons. The van der Waals surface area contributed by atoms with Crippen molar-refractivity contribution >= 4 is 27.6 Å². The molecule has 0 unspecified atom stereocenters. The predicted molar refractivity (Wildman–Crippen MR) is 127 cm³/mol. The van der Waals surface area contributed by atoms with E-state index in [1.165, 1.54) is 0 Å². The third kappa shape index (κ3) is 3.34. The summed E-state index contributed by atoms with van der Waals surface area (Å²) < 4.78 is 11.7. The van der Waals surface area contributed by atoms with Crippen LogP contribution < -0.4 is 5.43 Å². The summed E-state index contributed by atoms with van der Waals surface area (Å²) in [5.41, 5.74) is 1.70. The van der Waals surface area contributed by atoms with Gasteiger partial charge in [-0.15, -0.1) is 0 Å². The Labute approximate surface area is 191 Å². The van der Waals surface area contributed by atoms with Crippen LogP contribution in [0.4, 0.5) is 0 Å². The van der Waals surface area contributed by atoms with Gasteiger partial charge in [0.25, 0.3) is 5.91 Å². The van der Waals surface area contributed by atoms with Crippen LogP contribution in [0.1, 0.15) is 27.7 Å². The summed E-state index contributed by atoms with van der Waals surface area (Å²) in [6, 6.07) is 20.8. The van der Waals surface area contributed by atoms with E-state index in [2.05, 4.69) is 4.90 Å². The first-order valence-corrected chi connectivity index (χ1v) is 11.4. The molecule has 6 rings (SSSR count). The minimum absolute atomic E-state index is 0.131. The largest absolute Gasteiger partial charge is 0.450 e. The number of morpholine rings is 1. The Morgan fingerprint density at radius 1 is 0.818 bits per heavy atom. The van der Waals surface area contributed by atoms with Gasteiger partial charge in [-0.3, -0.25) is 14.5 Å². The van der Waals surface area contributed by atoms with Crippen LogP contribution in [0, 0.1) is 0 Å². The molecule has 0 spiro atoms. The summed E-state index contributed by atoms with van der Waals surface area (Å²) in [7, 11) is 0. The zero-order valence-corrected chi connectivity index (χ0v) is 18.2. The van der Waals surface area contributed by atoms with E-state index in [1.807, 2.05) is 66.7 Å². The van der Waals surface area contributed by atoms with Crippen LogP contribution in [0.15, 0.2) is 75.9 Å². The molecule has 1 amide bonds. The lowest BCUT2D eigenvalue weighted by molar-refractivity contribution is 0.0314. The molecule has 0 aliphatic carbocycles. The number of amides is 1. The van der Waals surface area contributed by atoms with Gasteiger partial charge in [-0.2, -0.15) is 0 Å². The van der Waals surface area contributed by atoms with E-state index < -0.39 is 6.04 Å². The van der Waals surface area contributed by atoms with Crippen LogP contribution in [-0.4, -0.2) is 55.1 Å². The van der Waals surface area contributed by atoms with Crippen molar-refractivity contribution in [2.45, 2.75) is 6.04 Å². The number of carbonyl (C=O) groups excluding carboxylic acids is 1. The summed E-state index contributed by atoms with van der Waals surface area (Å²) in [4.78, 5) is 31.5. The highest BCUT2D eigenvalue weighted by Crippen LogP contribution is 2.39. The lowest BCUT2D eigenvalue weighted by Gasteiger charge is -2.31. The average Bonchev–Trinajstić information content (AvgIpc) is 3.15. The second kappa shape index (κ2) is 8.14. The molecule has 0 radical (unpaired) electrons. The SMILES string of the molecule is O=C1c2oc3c(ccc4ccccc43)c(=O)c2[C@@H](c2ccccc2)N1CCN1CCOCC1. The minimum Gasteiger partial charge on any atom is -0.450 e. The molecule has 2 aliphatic heterocycles. The van der Waals surface area contributed by atoms with E-state index in [9.17, 15) is 9.59 Å². The van der Waals surface area contributed by atoms with Crippen LogP contribution in [0.25, 0.3) is 21.7 Å². The number of rotatable bonds is 4. The lowest BCUT2D eigenvalue weighted by Crippen LogP contribution is -2.42. The van der Waals surface area contributed by atoms with Gasteiger partial charge in [0.2, 0.25) is 5.76 Å². The number of ether oxygens (including phenoxy) is 1. The molecule has 1 saturated heterocycles. The standard InChI is InChI=1S/C27H24N2O4/c30-24-21-11-10-18-6-4-5-9-20(18)25(21)33-26-22(24)23(19-7-2-1-3-8-19)29(27(26)31)13-12-28-14-16-32-17-15-28/h1-11,23H,12-17H2/t23-/m1/s1. The highest BCUT2D eigenvalue weighted by molar-refractivity contribution is 6.06. The van der Waals surface area contributed by atoms with Gasteiger partial charge in [0.05, 0.1) is 30.2 Å². The molecule has 2 aliphatic rings. The monoisotopic (exact) mass is 440 g/mol. The van der Waals surface area contributed by atoms with Crippen LogP contribution >= 0.6 is 0 Å². The van der Waals surface area contributed by atoms with Crippen LogP contribution in [0.3, 0.4) is 0 Å². The fourth-order valence-corrected chi connectivity index (χ4v) is 5.03. The molecule has 6 heteroatoms. The van der Waals surface area contributed by atoms with E-state index in [1.54, 1.807) is 4.90 Å². The van der Waals surface area contributed by atoms with E-state index in [-0.39, 0.29) is 17.1 Å². The maximum Gasteiger partial charge on any atom is 0.290 e. The topological polar surface area (TPSA) is 63.0 Å². The van der Waals surface area contributed by atoms with Crippen LogP contribution in [-0.2, 0) is 4.74 Å². The van der Waals surface area contributed by atoms with Crippen LogP contribution in [0.5, 0.6) is 0 Å². The number of hydrogen-bond acceptors (Lipinski definition) is 5. The number of hydrogen-bond donors (Lipinski definition) is 0. The number of carbonyl (C=O) groups is 1. The Hall–Kier alpha value is -3.48. The van der Waals surface area contributed by atoms with Gasteiger partial charge in [0.15, 0.2) is 5.43 Å². The third-order valence-electron chi connectivity index (χ3n) is 6.73. The quantitative estimate of drug-likeness (QED) is 0.452. The second-order valence-electron chi connectivity index (χ2n) is 8.60. The van der Waals surface area contributed by atoms with E-state index in [4.69, 9.17) is 9.15 Å². The molecule has 1 aromatic heterocycles. The van der Waals surface area contributed by atoms with Crippen molar-refractivity contribution in [2.24, 2.45) is 0 Å². The summed E-state index contributed by atoms with van der Waals surface area (Å²) in [6.07, 6.45) is 0. The fraction of sp³-hybridized carbons (Fsp3) is 0.259. The van der Waals surface area contributed by atoms with Crippen molar-refractivity contribution in [2.75, 3.05) is 39.4 Å². The van der Waals surface area contributed by atoms with Crippen molar-refractivity contribution in [1.82, 2.24) is 9.80 Å². The number of benzene rings is 3. The first-order valence-electron chi connectivity index (χ1n) is 11.4. The van der Waals surface area contributed by atoms with Crippen molar-refractivity contribution in [3.8, 4) is 0 Å². The zero-order chi connectivity index (χ0) is 22.4. The predicted octanol–water partition coefficient (Wildman–Crippen LogP) is 3.82. The molecule has 0 bridgehead atoms. The summed E-state index contributed by atoms with van der Waals surface area (Å²) in [5, 5.41) is 2.32. The second-order valence-corrected chi connectivity index (χ2v) is 8.60. The van der Waals surface area contributed by atoms with Gasteiger partial charge in [0.1, 0.15) is 5.58 Å². The molecule has 6 nitrogen and oxygen atoms in total. The molecule has 1 atom stereocenters. The van der Waals surface area contributed by atoms with Gasteiger partial charge < -0.3 is 14.1 Å². The maximum absolute atomic E-state index is 13.8. The zero-order valence-electron chi connectivity index (χ0n) is 18.2. The molecule has 0 saturated carbocycles. The molecular weight excluding hydrogens is 416 g/mol. The average molecular weight is 440 g/mol. The highest BCUT2D eigenvalue weighted by atomic mass is 16.5. The number of nitrogens with zero attached hydrogens (tertiary/aromatic N) is 2. The normalized spacial score (nSPS) is 18.8. The van der Waals surface area contributed by atoms with Gasteiger partial charge >= 0.3 is 0 Å². The third-order valence-corrected chi connectivity index (χ3v) is 6.73. The maximum atomic E-state index is 13.8. The molecule has 3 aromatic carbocycles. The molecule has 33 heavy (non-hydrogen) atoms. The highest BCUT2D eigenvalue weighted by Gasteiger charge is 2.42. The number of fused-ring (bicyclic) bond motifs is 4. The molecule has 3 heterocycles. The Kier molecular flexibility index (Phi) is 4.97. The molecule has 1 fully saturated rings. The van der Waals surface area contributed by atoms with Gasteiger partial charge in [0, 0.05) is 31.6 Å². The Balaban J connectivity index is 1.50. The minimum atomic E-state index is -0.457. The van der Waals surface area contributed by atoms with E-state index in [0.29, 0.717) is 36.3 Å². The summed E-state index contributed by atoms with van der Waals surface area (Å²) >= 11 is 0. The molecular formula is C27H24N2O4. The van der Waals surface area contributed by atoms with Gasteiger partial charge in [-0.05, 0) is 17.0 Å². The van der Waals surface area contributed by atoms with Crippen molar-refractivity contribution in [1.29, 1.82) is 0 Å².